The van der Waals surface area contributed by atoms with E-state index >= 15 is 0 Å². The van der Waals surface area contributed by atoms with Crippen molar-refractivity contribution in [3.63, 3.8) is 0 Å². The summed E-state index contributed by atoms with van der Waals surface area (Å²) in [5.74, 6) is 0.338. The molecule has 1 heterocycles. The van der Waals surface area contributed by atoms with Crippen LogP contribution in [0.25, 0.3) is 0 Å². The summed E-state index contributed by atoms with van der Waals surface area (Å²) >= 11 is 0. The van der Waals surface area contributed by atoms with Crippen molar-refractivity contribution < 1.29 is 20.1 Å². The molecule has 2 aliphatic rings. The van der Waals surface area contributed by atoms with Crippen molar-refractivity contribution in [3.8, 4) is 0 Å². The first-order valence-electron chi connectivity index (χ1n) is 9.25. The Labute approximate surface area is 146 Å². The van der Waals surface area contributed by atoms with Gasteiger partial charge in [0.25, 0.3) is 0 Å². The second kappa shape index (κ2) is 7.69. The van der Waals surface area contributed by atoms with E-state index in [0.29, 0.717) is 18.8 Å². The summed E-state index contributed by atoms with van der Waals surface area (Å²) in [6, 6.07) is 0. The van der Waals surface area contributed by atoms with Gasteiger partial charge in [0.05, 0.1) is 23.9 Å². The van der Waals surface area contributed by atoms with E-state index in [1.54, 1.807) is 6.92 Å². The van der Waals surface area contributed by atoms with Gasteiger partial charge in [-0.25, -0.2) is 0 Å². The predicted octanol–water partition coefficient (Wildman–Crippen LogP) is 3.11. The molecular formula is C20H34O4. The van der Waals surface area contributed by atoms with Crippen LogP contribution in [0.5, 0.6) is 0 Å². The normalized spacial score (nSPS) is 38.8. The van der Waals surface area contributed by atoms with Crippen LogP contribution in [0.3, 0.4) is 0 Å². The van der Waals surface area contributed by atoms with Gasteiger partial charge < -0.3 is 20.1 Å². The number of hydrogen-bond acceptors (Lipinski definition) is 4. The van der Waals surface area contributed by atoms with Crippen molar-refractivity contribution in [2.24, 2.45) is 5.92 Å². The van der Waals surface area contributed by atoms with Crippen LogP contribution in [0.15, 0.2) is 23.3 Å². The van der Waals surface area contributed by atoms with Gasteiger partial charge in [0.2, 0.25) is 0 Å². The highest BCUT2D eigenvalue weighted by Crippen LogP contribution is 2.44. The molecule has 0 aromatic heterocycles. The van der Waals surface area contributed by atoms with Crippen molar-refractivity contribution in [2.45, 2.75) is 89.6 Å². The molecule has 0 spiro atoms. The molecule has 0 unspecified atom stereocenters. The molecule has 4 heteroatoms. The zero-order valence-corrected chi connectivity index (χ0v) is 15.6. The molecule has 4 nitrogen and oxygen atoms in total. The first kappa shape index (κ1) is 19.6. The van der Waals surface area contributed by atoms with Crippen molar-refractivity contribution in [1.29, 1.82) is 0 Å². The Morgan fingerprint density at radius 1 is 1.25 bits per heavy atom. The zero-order chi connectivity index (χ0) is 18.0. The minimum Gasteiger partial charge on any atom is -0.392 e. The number of ether oxygens (including phenoxy) is 1. The number of aliphatic hydroxyl groups excluding tert-OH is 2. The number of fused-ring (bicyclic) bond motifs is 1. The zero-order valence-electron chi connectivity index (χ0n) is 15.6. The third-order valence-corrected chi connectivity index (χ3v) is 5.71. The van der Waals surface area contributed by atoms with Crippen molar-refractivity contribution in [1.82, 2.24) is 0 Å². The minimum absolute atomic E-state index is 0.0472. The van der Waals surface area contributed by atoms with Gasteiger partial charge in [0, 0.05) is 0 Å². The molecule has 1 aliphatic heterocycles. The van der Waals surface area contributed by atoms with E-state index in [1.165, 1.54) is 5.57 Å². The van der Waals surface area contributed by atoms with Gasteiger partial charge in [0.15, 0.2) is 0 Å². The first-order valence-corrected chi connectivity index (χ1v) is 9.25. The second-order valence-corrected chi connectivity index (χ2v) is 8.22. The third-order valence-electron chi connectivity index (χ3n) is 5.71. The third kappa shape index (κ3) is 4.92. The molecule has 1 fully saturated rings. The highest BCUT2D eigenvalue weighted by atomic mass is 16.6. The SMILES string of the molecule is CC(C)C1=C[C@H](O)[C@](C)(O)CCC=C(CO)CC[C@@H]2O[C@@]2(C)CC1. The molecule has 0 saturated carbocycles. The maximum absolute atomic E-state index is 10.6. The quantitative estimate of drug-likeness (QED) is 0.534. The summed E-state index contributed by atoms with van der Waals surface area (Å²) < 4.78 is 5.92. The maximum atomic E-state index is 10.6. The lowest BCUT2D eigenvalue weighted by Crippen LogP contribution is -2.38. The molecular weight excluding hydrogens is 304 g/mol. The molecule has 0 bridgehead atoms. The van der Waals surface area contributed by atoms with Crippen molar-refractivity contribution in [2.75, 3.05) is 6.61 Å². The number of hydrogen-bond donors (Lipinski definition) is 3. The van der Waals surface area contributed by atoms with Crippen LogP contribution >= 0.6 is 0 Å². The highest BCUT2D eigenvalue weighted by molar-refractivity contribution is 5.15. The van der Waals surface area contributed by atoms with Gasteiger partial charge in [-0.05, 0) is 63.9 Å². The summed E-state index contributed by atoms with van der Waals surface area (Å²) in [6.45, 7) is 8.13. The summed E-state index contributed by atoms with van der Waals surface area (Å²) in [7, 11) is 0. The molecule has 24 heavy (non-hydrogen) atoms. The second-order valence-electron chi connectivity index (χ2n) is 8.22. The molecule has 4 atom stereocenters. The first-order chi connectivity index (χ1) is 11.2. The Bertz CT molecular complexity index is 492. The number of allylic oxidation sites excluding steroid dienone is 2. The van der Waals surface area contributed by atoms with Crippen molar-refractivity contribution in [3.05, 3.63) is 23.3 Å². The molecule has 0 aromatic rings. The van der Waals surface area contributed by atoms with E-state index in [1.807, 2.05) is 12.2 Å². The number of aliphatic hydroxyl groups is 3. The van der Waals surface area contributed by atoms with Crippen LogP contribution < -0.4 is 0 Å². The van der Waals surface area contributed by atoms with E-state index < -0.39 is 11.7 Å². The molecule has 3 N–H and O–H groups in total. The standard InChI is InChI=1S/C20H34O4/c1-14(2)16-9-11-20(4)18(24-20)8-7-15(13-21)6-5-10-19(3,23)17(22)12-16/h6,12,14,17-18,21-23H,5,7-11,13H2,1-4H3/t17-,18-,19+,20-/m0/s1. The smallest absolute Gasteiger partial charge is 0.101 e. The molecule has 0 amide bonds. The lowest BCUT2D eigenvalue weighted by molar-refractivity contribution is -0.0433. The van der Waals surface area contributed by atoms with Crippen LogP contribution in [0, 0.1) is 5.92 Å². The predicted molar refractivity (Wildman–Crippen MR) is 95.7 cm³/mol. The molecule has 0 aromatic carbocycles. The molecule has 1 aliphatic carbocycles. The lowest BCUT2D eigenvalue weighted by Gasteiger charge is -2.28. The van der Waals surface area contributed by atoms with E-state index in [4.69, 9.17) is 4.74 Å². The van der Waals surface area contributed by atoms with Crippen molar-refractivity contribution >= 4 is 0 Å². The average molecular weight is 338 g/mol. The van der Waals surface area contributed by atoms with Gasteiger partial charge in [-0.1, -0.05) is 31.6 Å². The van der Waals surface area contributed by atoms with Crippen LogP contribution in [0.1, 0.15) is 66.2 Å². The summed E-state index contributed by atoms with van der Waals surface area (Å²) in [5.41, 5.74) is 0.922. The topological polar surface area (TPSA) is 73.2 Å². The van der Waals surface area contributed by atoms with Gasteiger partial charge in [-0.2, -0.15) is 0 Å². The monoisotopic (exact) mass is 338 g/mol. The van der Waals surface area contributed by atoms with E-state index in [0.717, 1.165) is 31.3 Å². The lowest BCUT2D eigenvalue weighted by atomic mass is 9.86. The minimum atomic E-state index is -1.16. The molecule has 138 valence electrons. The van der Waals surface area contributed by atoms with Crippen LogP contribution in [0.2, 0.25) is 0 Å². The van der Waals surface area contributed by atoms with E-state index in [-0.39, 0.29) is 18.3 Å². The highest BCUT2D eigenvalue weighted by Gasteiger charge is 2.50. The van der Waals surface area contributed by atoms with Gasteiger partial charge >= 0.3 is 0 Å². The van der Waals surface area contributed by atoms with Crippen LogP contribution in [0.4, 0.5) is 0 Å². The van der Waals surface area contributed by atoms with E-state index in [2.05, 4.69) is 20.8 Å². The fourth-order valence-corrected chi connectivity index (χ4v) is 3.49. The van der Waals surface area contributed by atoms with Crippen LogP contribution in [-0.4, -0.2) is 45.3 Å². The summed E-state index contributed by atoms with van der Waals surface area (Å²) in [4.78, 5) is 0. The largest absolute Gasteiger partial charge is 0.392 e. The Kier molecular flexibility index (Phi) is 6.29. The fourth-order valence-electron chi connectivity index (χ4n) is 3.49. The molecule has 1 saturated heterocycles. The maximum Gasteiger partial charge on any atom is 0.101 e. The summed E-state index contributed by atoms with van der Waals surface area (Å²) in [6.07, 6.45) is 7.90. The van der Waals surface area contributed by atoms with Gasteiger partial charge in [0.1, 0.15) is 6.10 Å². The Morgan fingerprint density at radius 3 is 2.58 bits per heavy atom. The fraction of sp³-hybridized carbons (Fsp3) is 0.800. The molecule has 0 radical (unpaired) electrons. The van der Waals surface area contributed by atoms with Gasteiger partial charge in [-0.15, -0.1) is 0 Å². The number of rotatable bonds is 2. The number of epoxide rings is 1. The Balaban J connectivity index is 2.20. The molecule has 2 rings (SSSR count). The van der Waals surface area contributed by atoms with Crippen LogP contribution in [-0.2, 0) is 4.74 Å². The van der Waals surface area contributed by atoms with Gasteiger partial charge in [-0.3, -0.25) is 0 Å². The Morgan fingerprint density at radius 2 is 1.96 bits per heavy atom. The van der Waals surface area contributed by atoms with E-state index in [9.17, 15) is 15.3 Å². The summed E-state index contributed by atoms with van der Waals surface area (Å²) in [5, 5.41) is 30.6. The Hall–Kier alpha value is -0.680. The average Bonchev–Trinajstić information content (AvgIpc) is 3.16.